The van der Waals surface area contributed by atoms with Crippen LogP contribution in [0.5, 0.6) is 0 Å². The molecule has 4 nitrogen and oxygen atoms in total. The molecule has 0 bridgehead atoms. The lowest BCUT2D eigenvalue weighted by Gasteiger charge is -2.13. The van der Waals surface area contributed by atoms with Crippen LogP contribution in [0.4, 0.5) is 4.39 Å². The van der Waals surface area contributed by atoms with Crippen LogP contribution in [0.15, 0.2) is 41.3 Å². The lowest BCUT2D eigenvalue weighted by atomic mass is 10.3. The van der Waals surface area contributed by atoms with Gasteiger partial charge in [0.15, 0.2) is 9.84 Å². The minimum Gasteiger partial charge on any atom is -0.350 e. The van der Waals surface area contributed by atoms with Gasteiger partial charge in [-0.3, -0.25) is 4.79 Å². The molecule has 0 aliphatic heterocycles. The second-order valence-corrected chi connectivity index (χ2v) is 8.63. The normalized spacial score (nSPS) is 12.9. The molecule has 0 saturated carbocycles. The van der Waals surface area contributed by atoms with Crippen LogP contribution in [0, 0.1) is 5.82 Å². The van der Waals surface area contributed by atoms with E-state index in [1.807, 2.05) is 0 Å². The standard InChI is InChI=1S/C14H13ClFNO3S2/c1-9(14(18)17-8-11-4-7-13(15)21-11)22(19,20)12-5-2-10(16)3-6-12/h2-7,9H,8H2,1H3,(H,17,18). The Morgan fingerprint density at radius 2 is 1.91 bits per heavy atom. The molecule has 1 aromatic carbocycles. The van der Waals surface area contributed by atoms with E-state index >= 15 is 0 Å². The summed E-state index contributed by atoms with van der Waals surface area (Å²) in [6.07, 6.45) is 0. The summed E-state index contributed by atoms with van der Waals surface area (Å²) < 4.78 is 38.1. The van der Waals surface area contributed by atoms with Crippen LogP contribution >= 0.6 is 22.9 Å². The molecule has 0 aliphatic carbocycles. The lowest BCUT2D eigenvalue weighted by Crippen LogP contribution is -2.37. The van der Waals surface area contributed by atoms with Crippen LogP contribution in [-0.4, -0.2) is 19.6 Å². The highest BCUT2D eigenvalue weighted by atomic mass is 35.5. The van der Waals surface area contributed by atoms with Crippen molar-refractivity contribution in [3.8, 4) is 0 Å². The van der Waals surface area contributed by atoms with E-state index in [1.165, 1.54) is 18.3 Å². The summed E-state index contributed by atoms with van der Waals surface area (Å²) in [5, 5.41) is 1.29. The first-order chi connectivity index (χ1) is 10.3. The summed E-state index contributed by atoms with van der Waals surface area (Å²) in [5.74, 6) is -1.15. The van der Waals surface area contributed by atoms with Crippen molar-refractivity contribution >= 4 is 38.7 Å². The zero-order chi connectivity index (χ0) is 16.3. The molecule has 0 spiro atoms. The molecule has 1 unspecified atom stereocenters. The summed E-state index contributed by atoms with van der Waals surface area (Å²) in [5.41, 5.74) is 0. The average molecular weight is 362 g/mol. The number of halogens is 2. The maximum Gasteiger partial charge on any atom is 0.238 e. The topological polar surface area (TPSA) is 63.2 Å². The Hall–Kier alpha value is -1.44. The molecule has 1 atom stereocenters. The van der Waals surface area contributed by atoms with E-state index in [-0.39, 0.29) is 11.4 Å². The van der Waals surface area contributed by atoms with Crippen molar-refractivity contribution in [2.45, 2.75) is 23.6 Å². The average Bonchev–Trinajstić information content (AvgIpc) is 2.90. The third-order valence-corrected chi connectivity index (χ3v) is 6.35. The van der Waals surface area contributed by atoms with Crippen LogP contribution in [-0.2, 0) is 21.2 Å². The first kappa shape index (κ1) is 16.9. The van der Waals surface area contributed by atoms with Gasteiger partial charge in [0.05, 0.1) is 15.8 Å². The summed E-state index contributed by atoms with van der Waals surface area (Å²) in [6.45, 7) is 1.51. The number of amides is 1. The van der Waals surface area contributed by atoms with E-state index in [0.29, 0.717) is 4.34 Å². The number of carbonyl (C=O) groups is 1. The Balaban J connectivity index is 2.07. The molecule has 1 N–H and O–H groups in total. The van der Waals surface area contributed by atoms with Gasteiger partial charge in [-0.2, -0.15) is 0 Å². The number of hydrogen-bond acceptors (Lipinski definition) is 4. The Bertz CT molecular complexity index is 772. The van der Waals surface area contributed by atoms with Gasteiger partial charge in [0.25, 0.3) is 0 Å². The Labute approximate surface area is 136 Å². The van der Waals surface area contributed by atoms with Crippen LogP contribution < -0.4 is 5.32 Å². The van der Waals surface area contributed by atoms with Crippen LogP contribution in [0.3, 0.4) is 0 Å². The van der Waals surface area contributed by atoms with Crippen molar-refractivity contribution in [3.05, 3.63) is 51.4 Å². The number of nitrogens with one attached hydrogen (secondary N) is 1. The smallest absolute Gasteiger partial charge is 0.238 e. The number of rotatable bonds is 5. The fourth-order valence-electron chi connectivity index (χ4n) is 1.73. The third kappa shape index (κ3) is 3.85. The molecule has 0 aliphatic rings. The van der Waals surface area contributed by atoms with Crippen LogP contribution in [0.25, 0.3) is 0 Å². The Morgan fingerprint density at radius 1 is 1.27 bits per heavy atom. The van der Waals surface area contributed by atoms with E-state index in [0.717, 1.165) is 29.1 Å². The molecular formula is C14H13ClFNO3S2. The van der Waals surface area contributed by atoms with E-state index in [4.69, 9.17) is 11.6 Å². The van der Waals surface area contributed by atoms with Gasteiger partial charge in [-0.1, -0.05) is 11.6 Å². The summed E-state index contributed by atoms with van der Waals surface area (Å²) >= 11 is 7.09. The number of thiophene rings is 1. The van der Waals surface area contributed by atoms with Crippen molar-refractivity contribution in [3.63, 3.8) is 0 Å². The SMILES string of the molecule is CC(C(=O)NCc1ccc(Cl)s1)S(=O)(=O)c1ccc(F)cc1. The van der Waals surface area contributed by atoms with E-state index < -0.39 is 26.8 Å². The number of sulfone groups is 1. The van der Waals surface area contributed by atoms with Gasteiger partial charge >= 0.3 is 0 Å². The molecule has 1 heterocycles. The monoisotopic (exact) mass is 361 g/mol. The Morgan fingerprint density at radius 3 is 2.45 bits per heavy atom. The van der Waals surface area contributed by atoms with E-state index in [2.05, 4.69) is 5.32 Å². The highest BCUT2D eigenvalue weighted by Crippen LogP contribution is 2.21. The van der Waals surface area contributed by atoms with Crippen molar-refractivity contribution < 1.29 is 17.6 Å². The predicted molar refractivity (Wildman–Crippen MR) is 84.2 cm³/mol. The van der Waals surface area contributed by atoms with Gasteiger partial charge in [-0.05, 0) is 43.3 Å². The third-order valence-electron chi connectivity index (χ3n) is 3.04. The molecule has 8 heteroatoms. The predicted octanol–water partition coefficient (Wildman–Crippen LogP) is 3.02. The first-order valence-electron chi connectivity index (χ1n) is 6.32. The maximum absolute atomic E-state index is 12.9. The molecule has 0 radical (unpaired) electrons. The highest BCUT2D eigenvalue weighted by molar-refractivity contribution is 7.92. The summed E-state index contributed by atoms with van der Waals surface area (Å²) in [4.78, 5) is 12.8. The molecule has 22 heavy (non-hydrogen) atoms. The zero-order valence-electron chi connectivity index (χ0n) is 11.5. The first-order valence-corrected chi connectivity index (χ1v) is 9.06. The Kier molecular flexibility index (Phi) is 5.20. The van der Waals surface area contributed by atoms with Crippen molar-refractivity contribution in [1.82, 2.24) is 5.32 Å². The van der Waals surface area contributed by atoms with Gasteiger partial charge in [0.2, 0.25) is 5.91 Å². The summed E-state index contributed by atoms with van der Waals surface area (Å²) in [6, 6.07) is 7.84. The van der Waals surface area contributed by atoms with Crippen LogP contribution in [0.1, 0.15) is 11.8 Å². The van der Waals surface area contributed by atoms with Gasteiger partial charge in [0, 0.05) is 4.88 Å². The maximum atomic E-state index is 12.9. The minimum absolute atomic E-state index is 0.0873. The molecular weight excluding hydrogens is 349 g/mol. The van der Waals surface area contributed by atoms with Gasteiger partial charge in [-0.25, -0.2) is 12.8 Å². The molecule has 1 aromatic heterocycles. The fourth-order valence-corrected chi connectivity index (χ4v) is 4.05. The fraction of sp³-hybridized carbons (Fsp3) is 0.214. The summed E-state index contributed by atoms with van der Waals surface area (Å²) in [7, 11) is -3.86. The molecule has 2 rings (SSSR count). The largest absolute Gasteiger partial charge is 0.350 e. The number of hydrogen-bond donors (Lipinski definition) is 1. The van der Waals surface area contributed by atoms with Gasteiger partial charge in [0.1, 0.15) is 11.1 Å². The highest BCUT2D eigenvalue weighted by Gasteiger charge is 2.29. The molecule has 0 fully saturated rings. The second kappa shape index (κ2) is 6.76. The van der Waals surface area contributed by atoms with Crippen molar-refractivity contribution in [2.24, 2.45) is 0 Å². The second-order valence-electron chi connectivity index (χ2n) is 4.56. The molecule has 1 amide bonds. The van der Waals surface area contributed by atoms with Crippen molar-refractivity contribution in [1.29, 1.82) is 0 Å². The van der Waals surface area contributed by atoms with Gasteiger partial charge < -0.3 is 5.32 Å². The molecule has 118 valence electrons. The van der Waals surface area contributed by atoms with E-state index in [1.54, 1.807) is 12.1 Å². The lowest BCUT2D eigenvalue weighted by molar-refractivity contribution is -0.120. The van der Waals surface area contributed by atoms with Crippen molar-refractivity contribution in [2.75, 3.05) is 0 Å². The molecule has 2 aromatic rings. The quantitative estimate of drug-likeness (QED) is 0.832. The van der Waals surface area contributed by atoms with Crippen LogP contribution in [0.2, 0.25) is 4.34 Å². The zero-order valence-corrected chi connectivity index (χ0v) is 13.9. The minimum atomic E-state index is -3.86. The number of carbonyl (C=O) groups excluding carboxylic acids is 1. The van der Waals surface area contributed by atoms with E-state index in [9.17, 15) is 17.6 Å². The van der Waals surface area contributed by atoms with Gasteiger partial charge in [-0.15, -0.1) is 11.3 Å². The molecule has 0 saturated heterocycles. The number of benzene rings is 1.